The van der Waals surface area contributed by atoms with Gasteiger partial charge in [0.05, 0.1) is 28.3 Å². The Bertz CT molecular complexity index is 1500. The van der Waals surface area contributed by atoms with E-state index < -0.39 is 17.1 Å². The van der Waals surface area contributed by atoms with Crippen LogP contribution in [0.1, 0.15) is 84.5 Å². The highest BCUT2D eigenvalue weighted by Gasteiger charge is 2.70. The van der Waals surface area contributed by atoms with Crippen LogP contribution in [0.3, 0.4) is 0 Å². The molecule has 0 spiro atoms. The van der Waals surface area contributed by atoms with Crippen molar-refractivity contribution in [2.24, 2.45) is 34.5 Å². The lowest BCUT2D eigenvalue weighted by atomic mass is 9.45. The first-order valence-corrected chi connectivity index (χ1v) is 17.3. The summed E-state index contributed by atoms with van der Waals surface area (Å²) in [4.78, 5) is 45.3. The molecule has 4 saturated carbocycles. The summed E-state index contributed by atoms with van der Waals surface area (Å²) in [7, 11) is 0. The van der Waals surface area contributed by atoms with Crippen LogP contribution in [0.15, 0.2) is 53.1 Å². The highest BCUT2D eigenvalue weighted by Crippen LogP contribution is 2.68. The summed E-state index contributed by atoms with van der Waals surface area (Å²) in [5, 5.41) is 13.8. The van der Waals surface area contributed by atoms with Gasteiger partial charge in [0.15, 0.2) is 17.2 Å². The average Bonchev–Trinajstić information content (AvgIpc) is 3.63. The predicted molar refractivity (Wildman–Crippen MR) is 166 cm³/mol. The number of fused-ring (bicyclic) bond motifs is 6. The Balaban J connectivity index is 1.21. The van der Waals surface area contributed by atoms with Gasteiger partial charge in [0.1, 0.15) is 0 Å². The first kappa shape index (κ1) is 29.2. The number of pyridine rings is 1. The zero-order valence-corrected chi connectivity index (χ0v) is 26.2. The van der Waals surface area contributed by atoms with Gasteiger partial charge >= 0.3 is 5.97 Å². The lowest BCUT2D eigenvalue weighted by Crippen LogP contribution is -2.63. The number of thioether (sulfide) groups is 1. The maximum atomic E-state index is 14.6. The molecule has 0 aliphatic heterocycles. The highest BCUT2D eigenvalue weighted by atomic mass is 32.2. The maximum Gasteiger partial charge on any atom is 0.309 e. The molecule has 0 bridgehead atoms. The molecule has 1 heterocycles. The van der Waals surface area contributed by atoms with Crippen LogP contribution in [-0.2, 0) is 19.1 Å². The third kappa shape index (κ3) is 4.63. The SMILES string of the molecule is CC12CCC(=O)C=C1CCC1C2C(O)CC2(C)C1CC[C@]2(OC(=O)C1CCCC1)C(=O)CSc1ccc2ccccc2n1. The number of aromatic nitrogens is 1. The number of nitrogens with zero attached hydrogens (tertiary/aromatic N) is 1. The fourth-order valence-corrected chi connectivity index (χ4v) is 11.0. The summed E-state index contributed by atoms with van der Waals surface area (Å²) >= 11 is 1.41. The number of ketones is 2. The molecule has 1 aromatic heterocycles. The topological polar surface area (TPSA) is 93.6 Å². The minimum atomic E-state index is -1.26. The number of carbonyl (C=O) groups is 3. The second-order valence-electron chi connectivity index (χ2n) is 14.4. The number of para-hydroxylation sites is 1. The van der Waals surface area contributed by atoms with Gasteiger partial charge in [-0.05, 0) is 92.7 Å². The number of hydrogen-bond acceptors (Lipinski definition) is 7. The number of carbonyl (C=O) groups excluding carboxylic acids is 3. The van der Waals surface area contributed by atoms with E-state index in [-0.39, 0.29) is 52.4 Å². The van der Waals surface area contributed by atoms with E-state index in [1.165, 1.54) is 17.3 Å². The highest BCUT2D eigenvalue weighted by molar-refractivity contribution is 7.99. The quantitative estimate of drug-likeness (QED) is 0.285. The summed E-state index contributed by atoms with van der Waals surface area (Å²) in [6.45, 7) is 4.37. The smallest absolute Gasteiger partial charge is 0.309 e. The molecule has 1 N–H and O–H groups in total. The van der Waals surface area contributed by atoms with E-state index in [4.69, 9.17) is 9.72 Å². The Hall–Kier alpha value is -2.51. The van der Waals surface area contributed by atoms with Gasteiger partial charge in [-0.25, -0.2) is 4.98 Å². The summed E-state index contributed by atoms with van der Waals surface area (Å²) in [5.41, 5.74) is -0.0315. The van der Waals surface area contributed by atoms with Crippen molar-refractivity contribution in [3.05, 3.63) is 48.0 Å². The zero-order valence-electron chi connectivity index (χ0n) is 25.3. The molecular weight excluding hydrogens is 558 g/mol. The molecule has 2 aromatic rings. The number of esters is 1. The fourth-order valence-electron chi connectivity index (χ4n) is 10.2. The van der Waals surface area contributed by atoms with Crippen molar-refractivity contribution < 1.29 is 24.2 Å². The van der Waals surface area contributed by atoms with E-state index in [0.29, 0.717) is 19.3 Å². The van der Waals surface area contributed by atoms with Crippen LogP contribution in [0.25, 0.3) is 10.9 Å². The molecule has 6 nitrogen and oxygen atoms in total. The van der Waals surface area contributed by atoms with Gasteiger partial charge in [-0.3, -0.25) is 14.4 Å². The monoisotopic (exact) mass is 601 g/mol. The molecule has 1 aromatic carbocycles. The summed E-state index contributed by atoms with van der Waals surface area (Å²) < 4.78 is 6.56. The second-order valence-corrected chi connectivity index (χ2v) is 15.4. The van der Waals surface area contributed by atoms with E-state index in [1.807, 2.05) is 42.5 Å². The minimum absolute atomic E-state index is 0.0475. The van der Waals surface area contributed by atoms with Crippen molar-refractivity contribution in [1.29, 1.82) is 0 Å². The molecule has 0 radical (unpaired) electrons. The van der Waals surface area contributed by atoms with Gasteiger partial charge in [0.2, 0.25) is 0 Å². The van der Waals surface area contributed by atoms with E-state index in [9.17, 15) is 19.5 Å². The average molecular weight is 602 g/mol. The van der Waals surface area contributed by atoms with Crippen LogP contribution in [-0.4, -0.2) is 45.1 Å². The van der Waals surface area contributed by atoms with Crippen molar-refractivity contribution in [2.45, 2.75) is 101 Å². The van der Waals surface area contributed by atoms with Gasteiger partial charge in [-0.1, -0.05) is 68.3 Å². The lowest BCUT2D eigenvalue weighted by molar-refractivity contribution is -0.202. The number of aliphatic hydroxyl groups excluding tert-OH is 1. The molecule has 5 aliphatic rings. The Labute approximate surface area is 258 Å². The third-order valence-electron chi connectivity index (χ3n) is 12.4. The summed E-state index contributed by atoms with van der Waals surface area (Å²) in [5.74, 6) is 0.368. The molecule has 43 heavy (non-hydrogen) atoms. The summed E-state index contributed by atoms with van der Waals surface area (Å²) in [6, 6.07) is 11.9. The van der Waals surface area contributed by atoms with E-state index in [0.717, 1.165) is 67.3 Å². The second kappa shape index (κ2) is 10.8. The molecule has 7 rings (SSSR count). The van der Waals surface area contributed by atoms with Gasteiger partial charge in [0.25, 0.3) is 0 Å². The maximum absolute atomic E-state index is 14.6. The Morgan fingerprint density at radius 1 is 1.02 bits per heavy atom. The first-order chi connectivity index (χ1) is 20.6. The van der Waals surface area contributed by atoms with Gasteiger partial charge in [-0.15, -0.1) is 0 Å². The number of benzene rings is 1. The normalized spacial score (nSPS) is 37.4. The predicted octanol–water partition coefficient (Wildman–Crippen LogP) is 6.87. The number of allylic oxidation sites excluding steroid dienone is 1. The van der Waals surface area contributed by atoms with Crippen molar-refractivity contribution in [1.82, 2.24) is 4.98 Å². The number of Topliss-reactive ketones (excluding diaryl/α,β-unsaturated/α-hetero) is 1. The molecule has 0 amide bonds. The molecule has 5 aliphatic carbocycles. The van der Waals surface area contributed by atoms with Crippen molar-refractivity contribution >= 4 is 40.2 Å². The van der Waals surface area contributed by atoms with Gasteiger partial charge in [-0.2, -0.15) is 0 Å². The van der Waals surface area contributed by atoms with Crippen molar-refractivity contribution in [3.8, 4) is 0 Å². The lowest BCUT2D eigenvalue weighted by Gasteiger charge is -2.60. The largest absolute Gasteiger partial charge is 0.450 e. The Morgan fingerprint density at radius 2 is 1.81 bits per heavy atom. The molecule has 4 fully saturated rings. The number of rotatable bonds is 6. The molecule has 7 heteroatoms. The van der Waals surface area contributed by atoms with Crippen molar-refractivity contribution in [3.63, 3.8) is 0 Å². The number of aliphatic hydroxyl groups is 1. The summed E-state index contributed by atoms with van der Waals surface area (Å²) in [6.07, 6.45) is 9.69. The van der Waals surface area contributed by atoms with Crippen LogP contribution in [0.4, 0.5) is 0 Å². The van der Waals surface area contributed by atoms with E-state index in [1.54, 1.807) is 0 Å². The van der Waals surface area contributed by atoms with Crippen LogP contribution in [0, 0.1) is 34.5 Å². The van der Waals surface area contributed by atoms with E-state index in [2.05, 4.69) is 13.8 Å². The van der Waals surface area contributed by atoms with E-state index >= 15 is 0 Å². The standard InChI is InChI=1S/C36H43NO5S/c1-34-17-15-25(38)19-24(34)12-13-26-27-16-18-36(35(27,2)20-29(39)32(26)34,42-33(41)23-8-3-4-9-23)30(40)21-43-31-14-11-22-7-5-6-10-28(22)37-31/h5-7,10-11,14,19,23,26-27,29,32,39H,3-4,8-9,12-13,15-18,20-21H2,1-2H3/t26?,27?,29?,32?,34?,35?,36-/m0/s1. The molecule has 0 saturated heterocycles. The molecule has 228 valence electrons. The zero-order chi connectivity index (χ0) is 30.0. The van der Waals surface area contributed by atoms with Crippen molar-refractivity contribution in [2.75, 3.05) is 5.75 Å². The fraction of sp³-hybridized carbons (Fsp3) is 0.611. The van der Waals surface area contributed by atoms with Gasteiger partial charge in [0, 0.05) is 17.2 Å². The van der Waals surface area contributed by atoms with Crippen LogP contribution in [0.5, 0.6) is 0 Å². The molecule has 6 unspecified atom stereocenters. The first-order valence-electron chi connectivity index (χ1n) is 16.3. The molecule has 7 atom stereocenters. The Morgan fingerprint density at radius 3 is 2.63 bits per heavy atom. The number of ether oxygens (including phenoxy) is 1. The van der Waals surface area contributed by atoms with Crippen LogP contribution < -0.4 is 0 Å². The Kier molecular flexibility index (Phi) is 7.36. The number of hydrogen-bond donors (Lipinski definition) is 1. The minimum Gasteiger partial charge on any atom is -0.450 e. The van der Waals surface area contributed by atoms with Crippen LogP contribution in [0.2, 0.25) is 0 Å². The molecular formula is C36H43NO5S. The van der Waals surface area contributed by atoms with Crippen LogP contribution >= 0.6 is 11.8 Å². The third-order valence-corrected chi connectivity index (χ3v) is 13.3. The van der Waals surface area contributed by atoms with Gasteiger partial charge < -0.3 is 9.84 Å².